The van der Waals surface area contributed by atoms with Gasteiger partial charge in [0.1, 0.15) is 18.0 Å². The van der Waals surface area contributed by atoms with Crippen LogP contribution in [0.5, 0.6) is 5.75 Å². The van der Waals surface area contributed by atoms with Crippen LogP contribution in [0.3, 0.4) is 0 Å². The molecule has 1 N–H and O–H groups in total. The minimum absolute atomic E-state index is 0.0753. The molecule has 1 amide bonds. The maximum Gasteiger partial charge on any atom is 0.308 e. The Morgan fingerprint density at radius 2 is 1.93 bits per heavy atom. The largest absolute Gasteiger partial charge is 0.497 e. The van der Waals surface area contributed by atoms with Crippen molar-refractivity contribution in [2.24, 2.45) is 0 Å². The molecule has 9 heteroatoms. The molecule has 2 aromatic heterocycles. The first-order valence-electron chi connectivity index (χ1n) is 9.10. The Labute approximate surface area is 177 Å². The van der Waals surface area contributed by atoms with Crippen molar-refractivity contribution in [1.29, 1.82) is 0 Å². The zero-order valence-electron chi connectivity index (χ0n) is 16.4. The molecule has 156 valence electrons. The van der Waals surface area contributed by atoms with Crippen LogP contribution in [0.25, 0.3) is 5.65 Å². The Bertz CT molecular complexity index is 1130. The van der Waals surface area contributed by atoms with Gasteiger partial charge in [-0.2, -0.15) is 0 Å². The molecule has 30 heavy (non-hydrogen) atoms. The van der Waals surface area contributed by atoms with Crippen molar-refractivity contribution in [1.82, 2.24) is 14.7 Å². The zero-order valence-corrected chi connectivity index (χ0v) is 17.2. The number of nitrogens with zero attached hydrogens (tertiary/aromatic N) is 2. The van der Waals surface area contributed by atoms with Gasteiger partial charge in [0.25, 0.3) is 5.56 Å². The molecular formula is C21H20ClN3O5. The predicted molar refractivity (Wildman–Crippen MR) is 110 cm³/mol. The summed E-state index contributed by atoms with van der Waals surface area (Å²) in [4.78, 5) is 40.4. The first-order valence-corrected chi connectivity index (χ1v) is 9.48. The average Bonchev–Trinajstić information content (AvgIpc) is 2.72. The van der Waals surface area contributed by atoms with Crippen molar-refractivity contribution in [2.75, 3.05) is 7.11 Å². The lowest BCUT2D eigenvalue weighted by atomic mass is 10.0. The molecule has 0 saturated heterocycles. The Morgan fingerprint density at radius 1 is 1.20 bits per heavy atom. The summed E-state index contributed by atoms with van der Waals surface area (Å²) in [5, 5.41) is 3.15. The van der Waals surface area contributed by atoms with E-state index < -0.39 is 12.0 Å². The van der Waals surface area contributed by atoms with Gasteiger partial charge in [-0.25, -0.2) is 4.98 Å². The lowest BCUT2D eigenvalue weighted by molar-refractivity contribution is -0.145. The van der Waals surface area contributed by atoms with Gasteiger partial charge in [-0.3, -0.25) is 18.8 Å². The van der Waals surface area contributed by atoms with Crippen LogP contribution in [0.2, 0.25) is 5.02 Å². The van der Waals surface area contributed by atoms with Crippen LogP contribution in [0.15, 0.2) is 53.5 Å². The Balaban J connectivity index is 1.69. The second-order valence-corrected chi connectivity index (χ2v) is 6.99. The Hall–Kier alpha value is -3.39. The van der Waals surface area contributed by atoms with E-state index in [0.29, 0.717) is 22.1 Å². The number of aromatic nitrogens is 2. The summed E-state index contributed by atoms with van der Waals surface area (Å²) in [6.07, 6.45) is 1.39. The highest BCUT2D eigenvalue weighted by Crippen LogP contribution is 2.21. The van der Waals surface area contributed by atoms with Crippen LogP contribution in [-0.2, 0) is 20.9 Å². The fourth-order valence-electron chi connectivity index (χ4n) is 2.91. The second kappa shape index (κ2) is 9.41. The van der Waals surface area contributed by atoms with Crippen molar-refractivity contribution in [3.8, 4) is 5.75 Å². The third kappa shape index (κ3) is 5.36. The van der Waals surface area contributed by atoms with E-state index in [0.717, 1.165) is 5.56 Å². The predicted octanol–water partition coefficient (Wildman–Crippen LogP) is 2.67. The number of halogens is 1. The maximum atomic E-state index is 12.4. The van der Waals surface area contributed by atoms with Crippen molar-refractivity contribution >= 4 is 29.1 Å². The van der Waals surface area contributed by atoms with Gasteiger partial charge >= 0.3 is 5.97 Å². The number of ether oxygens (including phenoxy) is 2. The summed E-state index contributed by atoms with van der Waals surface area (Å²) in [6.45, 7) is 1.21. The Morgan fingerprint density at radius 3 is 2.60 bits per heavy atom. The van der Waals surface area contributed by atoms with Gasteiger partial charge in [0.15, 0.2) is 0 Å². The normalized spacial score (nSPS) is 11.7. The molecule has 3 rings (SSSR count). The van der Waals surface area contributed by atoms with Crippen LogP contribution in [0.4, 0.5) is 0 Å². The number of benzene rings is 1. The number of carbonyl (C=O) groups excluding carboxylic acids is 2. The van der Waals surface area contributed by atoms with E-state index in [4.69, 9.17) is 21.1 Å². The summed E-state index contributed by atoms with van der Waals surface area (Å²) in [7, 11) is 1.55. The van der Waals surface area contributed by atoms with Crippen LogP contribution >= 0.6 is 11.6 Å². The maximum absolute atomic E-state index is 12.4. The molecule has 0 spiro atoms. The van der Waals surface area contributed by atoms with E-state index in [-0.39, 0.29) is 24.5 Å². The van der Waals surface area contributed by atoms with Crippen LogP contribution < -0.4 is 15.6 Å². The number of carbonyl (C=O) groups is 2. The van der Waals surface area contributed by atoms with Gasteiger partial charge in [0.05, 0.1) is 30.3 Å². The molecule has 0 aliphatic heterocycles. The van der Waals surface area contributed by atoms with Crippen LogP contribution in [0, 0.1) is 0 Å². The molecule has 0 aliphatic rings. The summed E-state index contributed by atoms with van der Waals surface area (Å²) in [6, 6.07) is 11.0. The second-order valence-electron chi connectivity index (χ2n) is 6.55. The van der Waals surface area contributed by atoms with E-state index in [1.54, 1.807) is 43.5 Å². The topological polar surface area (TPSA) is 99.0 Å². The summed E-state index contributed by atoms with van der Waals surface area (Å²) >= 11 is 5.89. The van der Waals surface area contributed by atoms with E-state index in [2.05, 4.69) is 10.3 Å². The highest BCUT2D eigenvalue weighted by atomic mass is 35.5. The highest BCUT2D eigenvalue weighted by molar-refractivity contribution is 6.30. The number of rotatable bonds is 7. The monoisotopic (exact) mass is 429 g/mol. The third-order valence-electron chi connectivity index (χ3n) is 4.32. The number of amides is 1. The molecule has 3 aromatic rings. The number of esters is 1. The number of nitrogens with one attached hydrogen (secondary N) is 1. The smallest absolute Gasteiger partial charge is 0.308 e. The van der Waals surface area contributed by atoms with Crippen molar-refractivity contribution in [3.05, 3.63) is 75.3 Å². The molecular weight excluding hydrogens is 410 g/mol. The van der Waals surface area contributed by atoms with Gasteiger partial charge in [0.2, 0.25) is 5.91 Å². The average molecular weight is 430 g/mol. The van der Waals surface area contributed by atoms with Gasteiger partial charge in [-0.05, 0) is 29.8 Å². The molecule has 0 aliphatic carbocycles. The van der Waals surface area contributed by atoms with Gasteiger partial charge in [-0.15, -0.1) is 0 Å². The number of pyridine rings is 1. The van der Waals surface area contributed by atoms with E-state index in [1.165, 1.54) is 23.6 Å². The molecule has 1 atom stereocenters. The van der Waals surface area contributed by atoms with Crippen LogP contribution in [0.1, 0.15) is 30.6 Å². The van der Waals surface area contributed by atoms with E-state index >= 15 is 0 Å². The highest BCUT2D eigenvalue weighted by Gasteiger charge is 2.19. The SMILES string of the molecule is COc1ccc([C@@H](CC(=O)OCc2cc(=O)n3cc(Cl)ccc3n2)NC(C)=O)cc1. The summed E-state index contributed by atoms with van der Waals surface area (Å²) < 4.78 is 11.7. The molecule has 0 unspecified atom stereocenters. The molecule has 0 fully saturated rings. The molecule has 8 nitrogen and oxygen atoms in total. The number of hydrogen-bond acceptors (Lipinski definition) is 6. The molecule has 1 aromatic carbocycles. The molecule has 2 heterocycles. The Kier molecular flexibility index (Phi) is 6.68. The quantitative estimate of drug-likeness (QED) is 0.580. The fraction of sp³-hybridized carbons (Fsp3) is 0.238. The number of hydrogen-bond donors (Lipinski definition) is 1. The van der Waals surface area contributed by atoms with Crippen molar-refractivity contribution in [2.45, 2.75) is 26.0 Å². The van der Waals surface area contributed by atoms with E-state index in [9.17, 15) is 14.4 Å². The standard InChI is InChI=1S/C21H20ClN3O5/c1-13(26)23-18(14-3-6-17(29-2)7-4-14)10-21(28)30-12-16-9-20(27)25-11-15(22)5-8-19(25)24-16/h3-9,11,18H,10,12H2,1-2H3,(H,23,26)/t18-/m1/s1. The minimum atomic E-state index is -0.557. The van der Waals surface area contributed by atoms with Gasteiger partial charge in [-0.1, -0.05) is 23.7 Å². The zero-order chi connectivity index (χ0) is 21.7. The first-order chi connectivity index (χ1) is 14.4. The molecule has 0 bridgehead atoms. The molecule has 0 radical (unpaired) electrons. The van der Waals surface area contributed by atoms with E-state index in [1.807, 2.05) is 0 Å². The lowest BCUT2D eigenvalue weighted by Gasteiger charge is -2.18. The fourth-order valence-corrected chi connectivity index (χ4v) is 3.07. The van der Waals surface area contributed by atoms with Crippen molar-refractivity contribution in [3.63, 3.8) is 0 Å². The number of methoxy groups -OCH3 is 1. The van der Waals surface area contributed by atoms with Crippen LogP contribution in [-0.4, -0.2) is 28.4 Å². The number of fused-ring (bicyclic) bond motifs is 1. The van der Waals surface area contributed by atoms with Crippen molar-refractivity contribution < 1.29 is 19.1 Å². The third-order valence-corrected chi connectivity index (χ3v) is 4.55. The first kappa shape index (κ1) is 21.3. The summed E-state index contributed by atoms with van der Waals surface area (Å²) in [5.41, 5.74) is 1.12. The van der Waals surface area contributed by atoms with Gasteiger partial charge in [0, 0.05) is 19.2 Å². The molecule has 0 saturated carbocycles. The summed E-state index contributed by atoms with van der Waals surface area (Å²) in [5.74, 6) is -0.146. The minimum Gasteiger partial charge on any atom is -0.497 e. The lowest BCUT2D eigenvalue weighted by Crippen LogP contribution is -2.28. The van der Waals surface area contributed by atoms with Gasteiger partial charge < -0.3 is 14.8 Å².